The molecule has 0 aliphatic heterocycles. The lowest BCUT2D eigenvalue weighted by Crippen LogP contribution is -2.30. The van der Waals surface area contributed by atoms with Gasteiger partial charge in [-0.2, -0.15) is 4.31 Å². The molecule has 1 aliphatic rings. The molecule has 5 nitrogen and oxygen atoms in total. The van der Waals surface area contributed by atoms with Crippen LogP contribution in [0.4, 0.5) is 5.69 Å². The molecule has 0 spiro atoms. The van der Waals surface area contributed by atoms with Crippen LogP contribution in [-0.4, -0.2) is 39.5 Å². The molecule has 0 saturated heterocycles. The van der Waals surface area contributed by atoms with Crippen molar-refractivity contribution in [1.82, 2.24) is 4.31 Å². The first-order chi connectivity index (χ1) is 9.82. The van der Waals surface area contributed by atoms with Crippen LogP contribution in [0.1, 0.15) is 12.8 Å². The van der Waals surface area contributed by atoms with E-state index in [0.29, 0.717) is 29.3 Å². The van der Waals surface area contributed by atoms with E-state index in [1.54, 1.807) is 0 Å². The number of hydrogen-bond acceptors (Lipinski definition) is 4. The van der Waals surface area contributed by atoms with E-state index >= 15 is 0 Å². The van der Waals surface area contributed by atoms with Crippen molar-refractivity contribution in [2.45, 2.75) is 17.7 Å². The molecule has 118 valence electrons. The summed E-state index contributed by atoms with van der Waals surface area (Å²) in [6.45, 7) is 1.37. The third kappa shape index (κ3) is 4.32. The zero-order chi connectivity index (χ0) is 15.6. The zero-order valence-corrected chi connectivity index (χ0v) is 14.8. The highest BCUT2D eigenvalue weighted by atomic mass is 79.9. The lowest BCUT2D eigenvalue weighted by molar-refractivity contribution is 0.117. The van der Waals surface area contributed by atoms with Crippen molar-refractivity contribution in [1.29, 1.82) is 0 Å². The number of hydrogen-bond donors (Lipinski definition) is 1. The highest BCUT2D eigenvalue weighted by molar-refractivity contribution is 9.10. The van der Waals surface area contributed by atoms with Crippen molar-refractivity contribution in [2.75, 3.05) is 32.5 Å². The number of rotatable bonds is 7. The molecule has 0 aromatic heterocycles. The molecule has 1 fully saturated rings. The molecule has 1 aromatic rings. The number of ether oxygens (including phenoxy) is 1. The number of nitrogens with two attached hydrogens (primary N) is 1. The Balaban J connectivity index is 2.05. The summed E-state index contributed by atoms with van der Waals surface area (Å²) in [6, 6.07) is 2.89. The molecule has 8 heteroatoms. The SMILES string of the molecule is CN(CCOCC1CC1)S(=O)(=O)c1cc(Cl)cc(N)c1Br. The van der Waals surface area contributed by atoms with Crippen LogP contribution < -0.4 is 5.73 Å². The fraction of sp³-hybridized carbons (Fsp3) is 0.538. The predicted molar refractivity (Wildman–Crippen MR) is 86.9 cm³/mol. The summed E-state index contributed by atoms with van der Waals surface area (Å²) in [5.41, 5.74) is 6.03. The quantitative estimate of drug-likeness (QED) is 0.567. The summed E-state index contributed by atoms with van der Waals surface area (Å²) in [5, 5.41) is 0.285. The maximum atomic E-state index is 12.5. The Morgan fingerprint density at radius 3 is 2.76 bits per heavy atom. The van der Waals surface area contributed by atoms with Gasteiger partial charge >= 0.3 is 0 Å². The second-order valence-corrected chi connectivity index (χ2v) is 8.39. The average Bonchev–Trinajstić information content (AvgIpc) is 3.22. The fourth-order valence-electron chi connectivity index (χ4n) is 1.79. The van der Waals surface area contributed by atoms with Crippen molar-refractivity contribution in [3.63, 3.8) is 0 Å². The summed E-state index contributed by atoms with van der Waals surface area (Å²) in [6.07, 6.45) is 2.42. The molecule has 1 aromatic carbocycles. The van der Waals surface area contributed by atoms with Gasteiger partial charge in [-0.05, 0) is 46.8 Å². The molecule has 0 unspecified atom stereocenters. The Bertz CT molecular complexity index is 620. The molecule has 0 amide bonds. The topological polar surface area (TPSA) is 72.6 Å². The largest absolute Gasteiger partial charge is 0.398 e. The van der Waals surface area contributed by atoms with Crippen LogP contribution in [0.5, 0.6) is 0 Å². The average molecular weight is 398 g/mol. The van der Waals surface area contributed by atoms with Crippen LogP contribution >= 0.6 is 27.5 Å². The van der Waals surface area contributed by atoms with Crippen LogP contribution in [0, 0.1) is 5.92 Å². The number of benzene rings is 1. The van der Waals surface area contributed by atoms with Gasteiger partial charge in [0.2, 0.25) is 10.0 Å². The van der Waals surface area contributed by atoms with Gasteiger partial charge in [0.15, 0.2) is 0 Å². The monoisotopic (exact) mass is 396 g/mol. The Kier molecular flexibility index (Phi) is 5.54. The third-order valence-electron chi connectivity index (χ3n) is 3.32. The molecule has 0 atom stereocenters. The summed E-state index contributed by atoms with van der Waals surface area (Å²) < 4.78 is 32.1. The molecule has 0 bridgehead atoms. The minimum Gasteiger partial charge on any atom is -0.398 e. The van der Waals surface area contributed by atoms with Crippen LogP contribution in [0.2, 0.25) is 5.02 Å². The first-order valence-electron chi connectivity index (χ1n) is 6.61. The molecule has 1 aliphatic carbocycles. The Labute approximate surface area is 138 Å². The summed E-state index contributed by atoms with van der Waals surface area (Å²) >= 11 is 9.10. The van der Waals surface area contributed by atoms with Gasteiger partial charge in [-0.15, -0.1) is 0 Å². The van der Waals surface area contributed by atoms with E-state index in [1.165, 1.54) is 36.3 Å². The molecular weight excluding hydrogens is 380 g/mol. The van der Waals surface area contributed by atoms with Gasteiger partial charge in [-0.25, -0.2) is 8.42 Å². The fourth-order valence-corrected chi connectivity index (χ4v) is 4.19. The molecule has 2 N–H and O–H groups in total. The lowest BCUT2D eigenvalue weighted by atomic mass is 10.3. The maximum absolute atomic E-state index is 12.5. The van der Waals surface area contributed by atoms with E-state index in [0.717, 1.165) is 0 Å². The second kappa shape index (κ2) is 6.83. The molecule has 21 heavy (non-hydrogen) atoms. The number of anilines is 1. The van der Waals surface area contributed by atoms with Crippen molar-refractivity contribution < 1.29 is 13.2 Å². The smallest absolute Gasteiger partial charge is 0.244 e. The number of nitrogens with zero attached hydrogens (tertiary/aromatic N) is 1. The Morgan fingerprint density at radius 1 is 1.48 bits per heavy atom. The van der Waals surface area contributed by atoms with Gasteiger partial charge in [0.25, 0.3) is 0 Å². The van der Waals surface area contributed by atoms with Crippen molar-refractivity contribution in [2.24, 2.45) is 5.92 Å². The first kappa shape index (κ1) is 17.0. The third-order valence-corrected chi connectivity index (χ3v) is 6.57. The van der Waals surface area contributed by atoms with Gasteiger partial charge in [0.1, 0.15) is 0 Å². The van der Waals surface area contributed by atoms with Crippen molar-refractivity contribution in [3.8, 4) is 0 Å². The Morgan fingerprint density at radius 2 is 2.14 bits per heavy atom. The first-order valence-corrected chi connectivity index (χ1v) is 9.22. The zero-order valence-electron chi connectivity index (χ0n) is 11.7. The maximum Gasteiger partial charge on any atom is 0.244 e. The van der Waals surface area contributed by atoms with Crippen molar-refractivity contribution in [3.05, 3.63) is 21.6 Å². The van der Waals surface area contributed by atoms with E-state index in [4.69, 9.17) is 22.1 Å². The van der Waals surface area contributed by atoms with Gasteiger partial charge in [0.05, 0.1) is 16.0 Å². The number of nitrogen functional groups attached to an aromatic ring is 1. The lowest BCUT2D eigenvalue weighted by Gasteiger charge is -2.19. The molecular formula is C13H18BrClN2O3S. The minimum absolute atomic E-state index is 0.0668. The molecule has 0 heterocycles. The standard InChI is InChI=1S/C13H18BrClN2O3S/c1-17(4-5-20-8-9-2-3-9)21(18,19)12-7-10(15)6-11(16)13(12)14/h6-7,9H,2-5,8,16H2,1H3. The predicted octanol–water partition coefficient (Wildman–Crippen LogP) is 2.73. The summed E-state index contributed by atoms with van der Waals surface area (Å²) in [4.78, 5) is 0.0668. The Hall–Kier alpha value is -0.340. The van der Waals surface area contributed by atoms with Crippen LogP contribution in [0.3, 0.4) is 0 Å². The van der Waals surface area contributed by atoms with E-state index in [2.05, 4.69) is 15.9 Å². The number of sulfonamides is 1. The number of likely N-dealkylation sites (N-methyl/N-ethyl adjacent to an activating group) is 1. The molecule has 1 saturated carbocycles. The highest BCUT2D eigenvalue weighted by Gasteiger charge is 2.25. The number of halogens is 2. The van der Waals surface area contributed by atoms with E-state index < -0.39 is 10.0 Å². The minimum atomic E-state index is -3.66. The van der Waals surface area contributed by atoms with Gasteiger partial charge in [0, 0.05) is 30.9 Å². The van der Waals surface area contributed by atoms with Gasteiger partial charge in [-0.1, -0.05) is 11.6 Å². The second-order valence-electron chi connectivity index (χ2n) is 5.15. The van der Waals surface area contributed by atoms with Crippen LogP contribution in [-0.2, 0) is 14.8 Å². The van der Waals surface area contributed by atoms with Crippen LogP contribution in [0.25, 0.3) is 0 Å². The van der Waals surface area contributed by atoms with Gasteiger partial charge in [-0.3, -0.25) is 0 Å². The van der Waals surface area contributed by atoms with E-state index in [1.807, 2.05) is 0 Å². The van der Waals surface area contributed by atoms with Crippen LogP contribution in [0.15, 0.2) is 21.5 Å². The summed E-state index contributed by atoms with van der Waals surface area (Å²) in [7, 11) is -2.14. The highest BCUT2D eigenvalue weighted by Crippen LogP contribution is 2.33. The van der Waals surface area contributed by atoms with E-state index in [-0.39, 0.29) is 16.5 Å². The van der Waals surface area contributed by atoms with Gasteiger partial charge < -0.3 is 10.5 Å². The molecule has 0 radical (unpaired) electrons. The van der Waals surface area contributed by atoms with E-state index in [9.17, 15) is 8.42 Å². The molecule has 2 rings (SSSR count). The summed E-state index contributed by atoms with van der Waals surface area (Å²) in [5.74, 6) is 0.661. The van der Waals surface area contributed by atoms with Crippen molar-refractivity contribution >= 4 is 43.2 Å². The normalized spacial score (nSPS) is 15.6.